The highest BCUT2D eigenvalue weighted by Gasteiger charge is 2.09. The molecule has 0 radical (unpaired) electrons. The van der Waals surface area contributed by atoms with Crippen LogP contribution in [0.2, 0.25) is 0 Å². The van der Waals surface area contributed by atoms with Gasteiger partial charge in [-0.3, -0.25) is 9.78 Å². The first-order valence-electron chi connectivity index (χ1n) is 5.94. The molecule has 102 valence electrons. The van der Waals surface area contributed by atoms with Gasteiger partial charge >= 0.3 is 0 Å². The number of hydrogen-bond donors (Lipinski definition) is 0. The van der Waals surface area contributed by atoms with Gasteiger partial charge in [-0.05, 0) is 12.5 Å². The molecule has 0 aromatic carbocycles. The first-order valence-corrected chi connectivity index (χ1v) is 8.72. The van der Waals surface area contributed by atoms with Crippen molar-refractivity contribution in [1.29, 1.82) is 0 Å². The lowest BCUT2D eigenvalue weighted by atomic mass is 10.3. The predicted molar refractivity (Wildman–Crippen MR) is 82.4 cm³/mol. The van der Waals surface area contributed by atoms with Gasteiger partial charge in [-0.25, -0.2) is 4.98 Å². The standard InChI is InChI=1S/C10H14N2OS2.C3H8/c1-7(13)8-4-11-9(5-14-2)10(12-8)6-15-3;1-3-2/h4H,5-6H2,1-3H3;3H2,1-2H3. The predicted octanol–water partition coefficient (Wildman–Crippen LogP) is 3.82. The van der Waals surface area contributed by atoms with E-state index in [4.69, 9.17) is 0 Å². The van der Waals surface area contributed by atoms with Gasteiger partial charge in [-0.2, -0.15) is 23.5 Å². The summed E-state index contributed by atoms with van der Waals surface area (Å²) in [7, 11) is 0. The van der Waals surface area contributed by atoms with Crippen molar-refractivity contribution in [2.24, 2.45) is 0 Å². The zero-order chi connectivity index (χ0) is 14.0. The molecule has 0 saturated heterocycles. The van der Waals surface area contributed by atoms with Crippen molar-refractivity contribution in [3.05, 3.63) is 23.3 Å². The Bertz CT molecular complexity index is 370. The molecule has 0 bridgehead atoms. The van der Waals surface area contributed by atoms with Crippen LogP contribution < -0.4 is 0 Å². The molecule has 0 aliphatic heterocycles. The van der Waals surface area contributed by atoms with Crippen molar-refractivity contribution in [3.8, 4) is 0 Å². The van der Waals surface area contributed by atoms with Crippen molar-refractivity contribution >= 4 is 29.3 Å². The van der Waals surface area contributed by atoms with Gasteiger partial charge in [-0.15, -0.1) is 0 Å². The SMILES string of the molecule is CCC.CSCc1ncc(C(C)=O)nc1CSC. The van der Waals surface area contributed by atoms with Gasteiger partial charge in [0, 0.05) is 18.4 Å². The Morgan fingerprint density at radius 2 is 1.67 bits per heavy atom. The molecule has 18 heavy (non-hydrogen) atoms. The van der Waals surface area contributed by atoms with Crippen molar-refractivity contribution < 1.29 is 4.79 Å². The molecule has 0 atom stereocenters. The highest BCUT2D eigenvalue weighted by atomic mass is 32.2. The molecule has 0 N–H and O–H groups in total. The number of nitrogens with zero attached hydrogens (tertiary/aromatic N) is 2. The molecule has 0 amide bonds. The molecule has 1 aromatic heterocycles. The smallest absolute Gasteiger partial charge is 0.179 e. The molecule has 5 heteroatoms. The monoisotopic (exact) mass is 286 g/mol. The van der Waals surface area contributed by atoms with E-state index in [2.05, 4.69) is 23.8 Å². The number of aromatic nitrogens is 2. The van der Waals surface area contributed by atoms with E-state index in [1.54, 1.807) is 29.7 Å². The van der Waals surface area contributed by atoms with Crippen molar-refractivity contribution in [1.82, 2.24) is 9.97 Å². The van der Waals surface area contributed by atoms with Crippen molar-refractivity contribution in [2.75, 3.05) is 12.5 Å². The highest BCUT2D eigenvalue weighted by molar-refractivity contribution is 7.98. The first-order chi connectivity index (χ1) is 8.60. The maximum atomic E-state index is 11.2. The molecule has 0 fully saturated rings. The lowest BCUT2D eigenvalue weighted by Crippen LogP contribution is -2.05. The third kappa shape index (κ3) is 6.40. The van der Waals surface area contributed by atoms with E-state index in [0.717, 1.165) is 22.9 Å². The fraction of sp³-hybridized carbons (Fsp3) is 0.615. The van der Waals surface area contributed by atoms with Gasteiger partial charge in [0.1, 0.15) is 5.69 Å². The molecule has 0 spiro atoms. The zero-order valence-corrected chi connectivity index (χ0v) is 13.5. The van der Waals surface area contributed by atoms with E-state index >= 15 is 0 Å². The van der Waals surface area contributed by atoms with E-state index in [1.807, 2.05) is 12.5 Å². The second kappa shape index (κ2) is 10.4. The van der Waals surface area contributed by atoms with Crippen LogP contribution in [0.15, 0.2) is 6.20 Å². The van der Waals surface area contributed by atoms with Crippen LogP contribution in [0.1, 0.15) is 49.1 Å². The Hall–Kier alpha value is -0.550. The van der Waals surface area contributed by atoms with Crippen LogP contribution in [0.3, 0.4) is 0 Å². The number of carbonyl (C=O) groups excluding carboxylic acids is 1. The minimum absolute atomic E-state index is 0.0273. The lowest BCUT2D eigenvalue weighted by molar-refractivity contribution is 0.101. The van der Waals surface area contributed by atoms with Crippen LogP contribution in [-0.2, 0) is 11.5 Å². The number of carbonyl (C=O) groups is 1. The Kier molecular flexibility index (Phi) is 10.1. The van der Waals surface area contributed by atoms with Crippen molar-refractivity contribution in [3.63, 3.8) is 0 Å². The molecular weight excluding hydrogens is 264 g/mol. The number of ketones is 1. The van der Waals surface area contributed by atoms with Gasteiger partial charge in [0.25, 0.3) is 0 Å². The Balaban J connectivity index is 0.000000873. The molecule has 1 aromatic rings. The Morgan fingerprint density at radius 1 is 1.17 bits per heavy atom. The van der Waals surface area contributed by atoms with E-state index in [-0.39, 0.29) is 5.78 Å². The summed E-state index contributed by atoms with van der Waals surface area (Å²) in [6, 6.07) is 0. The molecule has 0 aliphatic carbocycles. The fourth-order valence-corrected chi connectivity index (χ4v) is 2.15. The summed E-state index contributed by atoms with van der Waals surface area (Å²) in [5, 5.41) is 0. The van der Waals surface area contributed by atoms with Gasteiger partial charge in [-0.1, -0.05) is 20.3 Å². The number of Topliss-reactive ketones (excluding diaryl/α,β-unsaturated/α-hetero) is 1. The summed E-state index contributed by atoms with van der Waals surface area (Å²) >= 11 is 3.40. The van der Waals surface area contributed by atoms with E-state index in [0.29, 0.717) is 5.69 Å². The average Bonchev–Trinajstić information content (AvgIpc) is 2.32. The molecule has 3 nitrogen and oxygen atoms in total. The normalized spacial score (nSPS) is 9.61. The maximum Gasteiger partial charge on any atom is 0.179 e. The summed E-state index contributed by atoms with van der Waals surface area (Å²) in [5.74, 6) is 1.63. The molecule has 0 unspecified atom stereocenters. The van der Waals surface area contributed by atoms with Gasteiger partial charge in [0.15, 0.2) is 5.78 Å². The van der Waals surface area contributed by atoms with Crippen LogP contribution in [-0.4, -0.2) is 28.3 Å². The summed E-state index contributed by atoms with van der Waals surface area (Å²) in [6.45, 7) is 5.77. The largest absolute Gasteiger partial charge is 0.293 e. The van der Waals surface area contributed by atoms with Crippen LogP contribution in [0.4, 0.5) is 0 Å². The summed E-state index contributed by atoms with van der Waals surface area (Å²) in [5.41, 5.74) is 2.38. The van der Waals surface area contributed by atoms with Crippen LogP contribution >= 0.6 is 23.5 Å². The second-order valence-corrected chi connectivity index (χ2v) is 5.51. The lowest BCUT2D eigenvalue weighted by Gasteiger charge is -2.06. The summed E-state index contributed by atoms with van der Waals surface area (Å²) < 4.78 is 0. The van der Waals surface area contributed by atoms with Crippen LogP contribution in [0.25, 0.3) is 0 Å². The number of rotatable bonds is 5. The molecule has 1 heterocycles. The Labute approximate surface area is 119 Å². The number of thioether (sulfide) groups is 2. The minimum Gasteiger partial charge on any atom is -0.293 e. The van der Waals surface area contributed by atoms with Crippen LogP contribution in [0.5, 0.6) is 0 Å². The highest BCUT2D eigenvalue weighted by Crippen LogP contribution is 2.15. The third-order valence-corrected chi connectivity index (χ3v) is 2.98. The van der Waals surface area contributed by atoms with E-state index < -0.39 is 0 Å². The average molecular weight is 286 g/mol. The van der Waals surface area contributed by atoms with Gasteiger partial charge < -0.3 is 0 Å². The summed E-state index contributed by atoms with van der Waals surface area (Å²) in [6.07, 6.45) is 6.87. The quantitative estimate of drug-likeness (QED) is 0.770. The Morgan fingerprint density at radius 3 is 2.11 bits per heavy atom. The van der Waals surface area contributed by atoms with Crippen molar-refractivity contribution in [2.45, 2.75) is 38.7 Å². The maximum absolute atomic E-state index is 11.2. The zero-order valence-electron chi connectivity index (χ0n) is 11.8. The topological polar surface area (TPSA) is 42.9 Å². The minimum atomic E-state index is -0.0273. The van der Waals surface area contributed by atoms with Gasteiger partial charge in [0.2, 0.25) is 0 Å². The van der Waals surface area contributed by atoms with E-state index in [9.17, 15) is 4.79 Å². The van der Waals surface area contributed by atoms with Gasteiger partial charge in [0.05, 0.1) is 17.6 Å². The summed E-state index contributed by atoms with van der Waals surface area (Å²) in [4.78, 5) is 19.8. The molecular formula is C13H22N2OS2. The molecule has 1 rings (SSSR count). The first kappa shape index (κ1) is 17.4. The molecule has 0 saturated carbocycles. The molecule has 0 aliphatic rings. The fourth-order valence-electron chi connectivity index (χ4n) is 1.13. The number of hydrogen-bond acceptors (Lipinski definition) is 5. The van der Waals surface area contributed by atoms with E-state index in [1.165, 1.54) is 13.3 Å². The third-order valence-electron chi connectivity index (χ3n) is 1.85. The second-order valence-electron chi connectivity index (χ2n) is 3.78. The van der Waals surface area contributed by atoms with Crippen LogP contribution in [0, 0.1) is 0 Å².